The van der Waals surface area contributed by atoms with Gasteiger partial charge < -0.3 is 15.6 Å². The Kier molecular flexibility index (Phi) is 3.64. The molecule has 1 aliphatic carbocycles. The van der Waals surface area contributed by atoms with E-state index in [1.165, 1.54) is 0 Å². The van der Waals surface area contributed by atoms with E-state index in [0.29, 0.717) is 18.9 Å². The van der Waals surface area contributed by atoms with Crippen molar-refractivity contribution >= 4 is 5.97 Å². The Bertz CT molecular complexity index is 384. The van der Waals surface area contributed by atoms with E-state index in [1.54, 1.807) is 24.3 Å². The van der Waals surface area contributed by atoms with E-state index >= 15 is 0 Å². The highest BCUT2D eigenvalue weighted by Crippen LogP contribution is 2.28. The lowest BCUT2D eigenvalue weighted by atomic mass is 10.1. The summed E-state index contributed by atoms with van der Waals surface area (Å²) in [4.78, 5) is 11.5. The maximum atomic E-state index is 11.5. The van der Waals surface area contributed by atoms with Crippen molar-refractivity contribution in [3.05, 3.63) is 29.8 Å². The Labute approximate surface area is 100 Å². The average Bonchev–Trinajstić information content (AvgIpc) is 3.13. The third-order valence-electron chi connectivity index (χ3n) is 2.85. The zero-order chi connectivity index (χ0) is 12.3. The number of ether oxygens (including phenoxy) is 1. The summed E-state index contributed by atoms with van der Waals surface area (Å²) >= 11 is 0. The van der Waals surface area contributed by atoms with Crippen LogP contribution in [0.2, 0.25) is 0 Å². The largest absolute Gasteiger partial charge is 0.508 e. The van der Waals surface area contributed by atoms with Crippen LogP contribution in [-0.2, 0) is 16.0 Å². The number of carbonyl (C=O) groups excluding carboxylic acids is 1. The highest BCUT2D eigenvalue weighted by atomic mass is 16.5. The average molecular weight is 235 g/mol. The molecule has 0 heterocycles. The summed E-state index contributed by atoms with van der Waals surface area (Å²) < 4.78 is 5.11. The topological polar surface area (TPSA) is 72.5 Å². The minimum Gasteiger partial charge on any atom is -0.508 e. The monoisotopic (exact) mass is 235 g/mol. The van der Waals surface area contributed by atoms with E-state index in [9.17, 15) is 4.79 Å². The van der Waals surface area contributed by atoms with Crippen molar-refractivity contribution in [2.24, 2.45) is 11.7 Å². The van der Waals surface area contributed by atoms with Gasteiger partial charge in [-0.3, -0.25) is 4.79 Å². The third-order valence-corrected chi connectivity index (χ3v) is 2.85. The van der Waals surface area contributed by atoms with Gasteiger partial charge in [-0.25, -0.2) is 0 Å². The first-order valence-corrected chi connectivity index (χ1v) is 5.85. The number of phenolic OH excluding ortho intramolecular Hbond substituents is 1. The van der Waals surface area contributed by atoms with Crippen molar-refractivity contribution in [2.75, 3.05) is 6.61 Å². The maximum absolute atomic E-state index is 11.5. The van der Waals surface area contributed by atoms with Crippen LogP contribution in [0.3, 0.4) is 0 Å². The molecule has 0 amide bonds. The molecule has 4 heteroatoms. The van der Waals surface area contributed by atoms with Crippen LogP contribution in [-0.4, -0.2) is 23.7 Å². The predicted octanol–water partition coefficient (Wildman–Crippen LogP) is 1.22. The van der Waals surface area contributed by atoms with Crippen LogP contribution in [0.15, 0.2) is 24.3 Å². The van der Waals surface area contributed by atoms with Crippen LogP contribution in [0, 0.1) is 5.92 Å². The van der Waals surface area contributed by atoms with Gasteiger partial charge in [0.15, 0.2) is 0 Å². The molecule has 1 aromatic carbocycles. The highest BCUT2D eigenvalue weighted by Gasteiger charge is 2.24. The van der Waals surface area contributed by atoms with Crippen LogP contribution in [0.25, 0.3) is 0 Å². The van der Waals surface area contributed by atoms with Gasteiger partial charge in [0.25, 0.3) is 0 Å². The molecule has 1 aliphatic rings. The van der Waals surface area contributed by atoms with Gasteiger partial charge in [0.05, 0.1) is 6.61 Å². The van der Waals surface area contributed by atoms with E-state index in [-0.39, 0.29) is 11.7 Å². The first-order chi connectivity index (χ1) is 8.15. The summed E-state index contributed by atoms with van der Waals surface area (Å²) in [5, 5.41) is 9.13. The van der Waals surface area contributed by atoms with Crippen LogP contribution < -0.4 is 5.73 Å². The number of hydrogen-bond acceptors (Lipinski definition) is 4. The van der Waals surface area contributed by atoms with Crippen molar-refractivity contribution in [1.29, 1.82) is 0 Å². The van der Waals surface area contributed by atoms with Gasteiger partial charge in [-0.1, -0.05) is 12.1 Å². The van der Waals surface area contributed by atoms with Gasteiger partial charge in [-0.05, 0) is 42.9 Å². The van der Waals surface area contributed by atoms with E-state index in [0.717, 1.165) is 18.4 Å². The summed E-state index contributed by atoms with van der Waals surface area (Å²) in [6.45, 7) is 0.502. The Morgan fingerprint density at radius 1 is 1.41 bits per heavy atom. The zero-order valence-electron chi connectivity index (χ0n) is 9.63. The molecule has 0 aliphatic heterocycles. The predicted molar refractivity (Wildman–Crippen MR) is 63.5 cm³/mol. The normalized spacial score (nSPS) is 16.5. The molecule has 0 bridgehead atoms. The molecule has 1 unspecified atom stereocenters. The fourth-order valence-electron chi connectivity index (χ4n) is 1.56. The molecule has 1 saturated carbocycles. The van der Waals surface area contributed by atoms with Gasteiger partial charge in [0, 0.05) is 0 Å². The Morgan fingerprint density at radius 2 is 2.06 bits per heavy atom. The van der Waals surface area contributed by atoms with Crippen molar-refractivity contribution in [3.63, 3.8) is 0 Å². The van der Waals surface area contributed by atoms with E-state index in [2.05, 4.69) is 0 Å². The number of aromatic hydroxyl groups is 1. The minimum absolute atomic E-state index is 0.207. The second-order valence-corrected chi connectivity index (χ2v) is 4.55. The number of rotatable bonds is 5. The molecule has 17 heavy (non-hydrogen) atoms. The van der Waals surface area contributed by atoms with Crippen LogP contribution in [0.1, 0.15) is 18.4 Å². The van der Waals surface area contributed by atoms with E-state index < -0.39 is 6.04 Å². The molecule has 1 fully saturated rings. The summed E-state index contributed by atoms with van der Waals surface area (Å²) in [6.07, 6.45) is 2.74. The molecular formula is C13H17NO3. The molecule has 4 nitrogen and oxygen atoms in total. The van der Waals surface area contributed by atoms with Gasteiger partial charge in [0.1, 0.15) is 11.8 Å². The number of nitrogens with two attached hydrogens (primary N) is 1. The number of benzene rings is 1. The smallest absolute Gasteiger partial charge is 0.323 e. The first kappa shape index (κ1) is 11.9. The van der Waals surface area contributed by atoms with E-state index in [1.807, 2.05) is 0 Å². The van der Waals surface area contributed by atoms with Crippen molar-refractivity contribution in [3.8, 4) is 5.75 Å². The number of carbonyl (C=O) groups is 1. The molecular weight excluding hydrogens is 218 g/mol. The third kappa shape index (κ3) is 3.75. The van der Waals surface area contributed by atoms with Crippen LogP contribution >= 0.6 is 0 Å². The van der Waals surface area contributed by atoms with Gasteiger partial charge >= 0.3 is 5.97 Å². The van der Waals surface area contributed by atoms with Crippen molar-refractivity contribution < 1.29 is 14.6 Å². The van der Waals surface area contributed by atoms with E-state index in [4.69, 9.17) is 15.6 Å². The zero-order valence-corrected chi connectivity index (χ0v) is 9.63. The number of hydrogen-bond donors (Lipinski definition) is 2. The number of esters is 1. The summed E-state index contributed by atoms with van der Waals surface area (Å²) in [7, 11) is 0. The molecule has 0 spiro atoms. The second-order valence-electron chi connectivity index (χ2n) is 4.55. The molecule has 92 valence electrons. The molecule has 0 aromatic heterocycles. The van der Waals surface area contributed by atoms with Crippen molar-refractivity contribution in [1.82, 2.24) is 0 Å². The molecule has 2 rings (SSSR count). The molecule has 3 N–H and O–H groups in total. The minimum atomic E-state index is -0.627. The van der Waals surface area contributed by atoms with Gasteiger partial charge in [-0.2, -0.15) is 0 Å². The lowest BCUT2D eigenvalue weighted by Crippen LogP contribution is -2.34. The summed E-state index contributed by atoms with van der Waals surface area (Å²) in [5.41, 5.74) is 6.67. The van der Waals surface area contributed by atoms with Crippen molar-refractivity contribution in [2.45, 2.75) is 25.3 Å². The standard InChI is InChI=1S/C13H17NO3/c14-12(13(16)17-8-10-1-2-10)7-9-3-5-11(15)6-4-9/h3-6,10,12,15H,1-2,7-8,14H2. The quantitative estimate of drug-likeness (QED) is 0.752. The fourth-order valence-corrected chi connectivity index (χ4v) is 1.56. The van der Waals surface area contributed by atoms with Gasteiger partial charge in [-0.15, -0.1) is 0 Å². The molecule has 0 saturated heterocycles. The number of phenols is 1. The molecule has 1 atom stereocenters. The maximum Gasteiger partial charge on any atom is 0.323 e. The summed E-state index contributed by atoms with van der Waals surface area (Å²) in [5.74, 6) is 0.420. The summed E-state index contributed by atoms with van der Waals surface area (Å²) in [6, 6.07) is 6.04. The Hall–Kier alpha value is -1.55. The second kappa shape index (κ2) is 5.19. The highest BCUT2D eigenvalue weighted by molar-refractivity contribution is 5.75. The molecule has 1 aromatic rings. The lowest BCUT2D eigenvalue weighted by Gasteiger charge is -2.11. The lowest BCUT2D eigenvalue weighted by molar-refractivity contribution is -0.145. The SMILES string of the molecule is NC(Cc1ccc(O)cc1)C(=O)OCC1CC1. The van der Waals surface area contributed by atoms with Crippen LogP contribution in [0.4, 0.5) is 0 Å². The fraction of sp³-hybridized carbons (Fsp3) is 0.462. The molecule has 0 radical (unpaired) electrons. The van der Waals surface area contributed by atoms with Crippen LogP contribution in [0.5, 0.6) is 5.75 Å². The Balaban J connectivity index is 1.80. The Morgan fingerprint density at radius 3 is 2.65 bits per heavy atom. The van der Waals surface area contributed by atoms with Gasteiger partial charge in [0.2, 0.25) is 0 Å². The first-order valence-electron chi connectivity index (χ1n) is 5.85.